The number of rotatable bonds is 4. The number of methoxy groups -OCH3 is 1. The summed E-state index contributed by atoms with van der Waals surface area (Å²) in [7, 11) is 1.74. The molecule has 2 aliphatic rings. The van der Waals surface area contributed by atoms with Gasteiger partial charge in [0.1, 0.15) is 6.04 Å². The fourth-order valence-corrected chi connectivity index (χ4v) is 3.35. The number of likely N-dealkylation sites (N-methyl/N-ethyl adjacent to an activating group) is 1. The Kier molecular flexibility index (Phi) is 4.06. The van der Waals surface area contributed by atoms with Gasteiger partial charge in [-0.3, -0.25) is 4.79 Å². The molecule has 2 heterocycles. The van der Waals surface area contributed by atoms with Gasteiger partial charge in [0.25, 0.3) is 0 Å². The number of hydrogen-bond donors (Lipinski definition) is 2. The Hall–Kier alpha value is -1.30. The Bertz CT molecular complexity index is 564. The number of anilines is 2. The molecule has 0 radical (unpaired) electrons. The first-order valence-corrected chi connectivity index (χ1v) is 7.67. The van der Waals surface area contributed by atoms with Gasteiger partial charge >= 0.3 is 0 Å². The van der Waals surface area contributed by atoms with Gasteiger partial charge in [0, 0.05) is 31.5 Å². The lowest BCUT2D eigenvalue weighted by atomic mass is 10.1. The van der Waals surface area contributed by atoms with Gasteiger partial charge in [0.15, 0.2) is 0 Å². The molecule has 0 bridgehead atoms. The lowest BCUT2D eigenvalue weighted by Crippen LogP contribution is -2.27. The normalized spacial score (nSPS) is 24.3. The van der Waals surface area contributed by atoms with Crippen molar-refractivity contribution >= 4 is 28.9 Å². The molecule has 1 aromatic carbocycles. The Morgan fingerprint density at radius 1 is 1.52 bits per heavy atom. The number of amides is 1. The van der Waals surface area contributed by atoms with E-state index in [1.54, 1.807) is 7.11 Å². The summed E-state index contributed by atoms with van der Waals surface area (Å²) in [5, 5.41) is 6.79. The van der Waals surface area contributed by atoms with E-state index in [0.717, 1.165) is 43.0 Å². The molecule has 5 nitrogen and oxygen atoms in total. The minimum absolute atomic E-state index is 0.0174. The van der Waals surface area contributed by atoms with Crippen LogP contribution in [0.3, 0.4) is 0 Å². The Labute approximate surface area is 129 Å². The zero-order valence-electron chi connectivity index (χ0n) is 12.3. The summed E-state index contributed by atoms with van der Waals surface area (Å²) < 4.78 is 5.40. The van der Waals surface area contributed by atoms with Crippen molar-refractivity contribution in [3.05, 3.63) is 22.7 Å². The van der Waals surface area contributed by atoms with Crippen LogP contribution in [0.25, 0.3) is 0 Å². The third-order valence-electron chi connectivity index (χ3n) is 4.18. The maximum Gasteiger partial charge on any atom is 0.246 e. The topological polar surface area (TPSA) is 53.6 Å². The monoisotopic (exact) mass is 309 g/mol. The number of ether oxygens (including phenoxy) is 1. The number of benzene rings is 1. The molecule has 2 N–H and O–H groups in total. The van der Waals surface area contributed by atoms with Gasteiger partial charge in [-0.25, -0.2) is 0 Å². The van der Waals surface area contributed by atoms with Crippen molar-refractivity contribution in [1.29, 1.82) is 0 Å². The first-order chi connectivity index (χ1) is 10.1. The maximum absolute atomic E-state index is 12.0. The highest BCUT2D eigenvalue weighted by molar-refractivity contribution is 6.33. The predicted octanol–water partition coefficient (Wildman–Crippen LogP) is 2.17. The Balaban J connectivity index is 1.89. The largest absolute Gasteiger partial charge is 0.380 e. The molecule has 114 valence electrons. The van der Waals surface area contributed by atoms with Gasteiger partial charge in [-0.15, -0.1) is 0 Å². The molecule has 2 aliphatic heterocycles. The molecule has 3 rings (SSSR count). The fraction of sp³-hybridized carbons (Fsp3) is 0.533. The Morgan fingerprint density at radius 3 is 3.00 bits per heavy atom. The zero-order valence-corrected chi connectivity index (χ0v) is 13.0. The van der Waals surface area contributed by atoms with E-state index in [1.807, 2.05) is 19.1 Å². The van der Waals surface area contributed by atoms with E-state index < -0.39 is 0 Å². The summed E-state index contributed by atoms with van der Waals surface area (Å²) >= 11 is 6.44. The van der Waals surface area contributed by atoms with Crippen LogP contribution in [0.4, 0.5) is 11.4 Å². The number of carbonyl (C=O) groups excluding carboxylic acids is 1. The van der Waals surface area contributed by atoms with Crippen LogP contribution in [0.2, 0.25) is 5.02 Å². The summed E-state index contributed by atoms with van der Waals surface area (Å²) in [6.45, 7) is 4.47. The molecular weight excluding hydrogens is 290 g/mol. The maximum atomic E-state index is 12.0. The van der Waals surface area contributed by atoms with E-state index in [0.29, 0.717) is 5.02 Å². The van der Waals surface area contributed by atoms with E-state index in [-0.39, 0.29) is 18.1 Å². The van der Waals surface area contributed by atoms with Crippen LogP contribution in [0, 0.1) is 0 Å². The van der Waals surface area contributed by atoms with Gasteiger partial charge in [0.2, 0.25) is 5.91 Å². The standard InChI is InChI=1S/C15H20ClN3O2/c1-3-17-14-10-6-11(16)13(7-12(10)18-15(14)20)19-5-4-9(8-19)21-2/h6-7,9,14,17H,3-5,8H2,1-2H3,(H,18,20). The van der Waals surface area contributed by atoms with Gasteiger partial charge in [-0.2, -0.15) is 0 Å². The van der Waals surface area contributed by atoms with E-state index in [4.69, 9.17) is 16.3 Å². The predicted molar refractivity (Wildman–Crippen MR) is 84.1 cm³/mol. The zero-order chi connectivity index (χ0) is 15.0. The third kappa shape index (κ3) is 2.61. The lowest BCUT2D eigenvalue weighted by Gasteiger charge is -2.21. The first kappa shape index (κ1) is 14.6. The van der Waals surface area contributed by atoms with Gasteiger partial charge in [-0.05, 0) is 25.1 Å². The van der Waals surface area contributed by atoms with Crippen LogP contribution in [-0.4, -0.2) is 38.8 Å². The van der Waals surface area contributed by atoms with Gasteiger partial charge < -0.3 is 20.3 Å². The summed E-state index contributed by atoms with van der Waals surface area (Å²) in [5.41, 5.74) is 2.75. The summed E-state index contributed by atoms with van der Waals surface area (Å²) in [5.74, 6) is -0.0174. The fourth-order valence-electron chi connectivity index (χ4n) is 3.06. The van der Waals surface area contributed by atoms with E-state index in [9.17, 15) is 4.79 Å². The van der Waals surface area contributed by atoms with Crippen molar-refractivity contribution < 1.29 is 9.53 Å². The number of nitrogens with one attached hydrogen (secondary N) is 2. The summed E-state index contributed by atoms with van der Waals surface area (Å²) in [6, 6.07) is 3.57. The van der Waals surface area contributed by atoms with E-state index in [1.165, 1.54) is 0 Å². The number of nitrogens with zero attached hydrogens (tertiary/aromatic N) is 1. The molecule has 2 unspecified atom stereocenters. The molecule has 1 fully saturated rings. The summed E-state index contributed by atoms with van der Waals surface area (Å²) in [4.78, 5) is 14.2. The molecule has 1 amide bonds. The molecule has 2 atom stereocenters. The highest BCUT2D eigenvalue weighted by atomic mass is 35.5. The molecule has 6 heteroatoms. The molecule has 1 saturated heterocycles. The molecule has 0 aromatic heterocycles. The Morgan fingerprint density at radius 2 is 2.33 bits per heavy atom. The smallest absolute Gasteiger partial charge is 0.246 e. The number of carbonyl (C=O) groups is 1. The minimum Gasteiger partial charge on any atom is -0.380 e. The third-order valence-corrected chi connectivity index (χ3v) is 4.48. The van der Waals surface area contributed by atoms with Crippen LogP contribution >= 0.6 is 11.6 Å². The average Bonchev–Trinajstić information content (AvgIpc) is 3.05. The lowest BCUT2D eigenvalue weighted by molar-refractivity contribution is -0.117. The van der Waals surface area contributed by atoms with Crippen molar-refractivity contribution in [1.82, 2.24) is 5.32 Å². The van der Waals surface area contributed by atoms with Crippen LogP contribution in [0.5, 0.6) is 0 Å². The molecule has 0 saturated carbocycles. The SMILES string of the molecule is CCNC1C(=O)Nc2cc(N3CCC(OC)C3)c(Cl)cc21. The number of halogens is 1. The van der Waals surface area contributed by atoms with Crippen molar-refractivity contribution in [3.63, 3.8) is 0 Å². The molecule has 0 spiro atoms. The van der Waals surface area contributed by atoms with Crippen LogP contribution in [0.1, 0.15) is 24.9 Å². The van der Waals surface area contributed by atoms with Crippen molar-refractivity contribution in [2.45, 2.75) is 25.5 Å². The van der Waals surface area contributed by atoms with Crippen LogP contribution < -0.4 is 15.5 Å². The quantitative estimate of drug-likeness (QED) is 0.895. The first-order valence-electron chi connectivity index (χ1n) is 7.29. The van der Waals surface area contributed by atoms with Crippen LogP contribution in [-0.2, 0) is 9.53 Å². The number of fused-ring (bicyclic) bond motifs is 1. The highest BCUT2D eigenvalue weighted by Crippen LogP contribution is 2.39. The molecular formula is C15H20ClN3O2. The molecule has 21 heavy (non-hydrogen) atoms. The van der Waals surface area contributed by atoms with Crippen molar-refractivity contribution in [3.8, 4) is 0 Å². The summed E-state index contributed by atoms with van der Waals surface area (Å²) in [6.07, 6.45) is 1.24. The van der Waals surface area contributed by atoms with Crippen LogP contribution in [0.15, 0.2) is 12.1 Å². The number of hydrogen-bond acceptors (Lipinski definition) is 4. The molecule has 0 aliphatic carbocycles. The van der Waals surface area contributed by atoms with E-state index >= 15 is 0 Å². The second-order valence-corrected chi connectivity index (χ2v) is 5.87. The molecule has 1 aromatic rings. The van der Waals surface area contributed by atoms with Gasteiger partial charge in [0.05, 0.1) is 16.8 Å². The van der Waals surface area contributed by atoms with E-state index in [2.05, 4.69) is 15.5 Å². The minimum atomic E-state index is -0.304. The van der Waals surface area contributed by atoms with Gasteiger partial charge in [-0.1, -0.05) is 18.5 Å². The average molecular weight is 310 g/mol. The van der Waals surface area contributed by atoms with Crippen molar-refractivity contribution in [2.75, 3.05) is 37.0 Å². The van der Waals surface area contributed by atoms with Crippen molar-refractivity contribution in [2.24, 2.45) is 0 Å². The highest BCUT2D eigenvalue weighted by Gasteiger charge is 2.32. The second-order valence-electron chi connectivity index (χ2n) is 5.46. The second kappa shape index (κ2) is 5.83.